The van der Waals surface area contributed by atoms with Gasteiger partial charge in [-0.05, 0) is 42.8 Å². The van der Waals surface area contributed by atoms with Crippen LogP contribution in [-0.2, 0) is 11.2 Å². The van der Waals surface area contributed by atoms with Crippen molar-refractivity contribution in [1.29, 1.82) is 0 Å². The predicted octanol–water partition coefficient (Wildman–Crippen LogP) is 5.39. The molecule has 0 spiro atoms. The fraction of sp³-hybridized carbons (Fsp3) is 0.167. The van der Waals surface area contributed by atoms with Crippen LogP contribution in [-0.4, -0.2) is 23.2 Å². The number of aliphatic carboxylic acids is 1. The zero-order chi connectivity index (χ0) is 18.6. The van der Waals surface area contributed by atoms with Gasteiger partial charge in [0, 0.05) is 26.5 Å². The third-order valence-corrected chi connectivity index (χ3v) is 4.34. The lowest BCUT2D eigenvalue weighted by Crippen LogP contribution is -2.00. The van der Waals surface area contributed by atoms with E-state index in [1.165, 1.54) is 7.11 Å². The molecule has 4 nitrogen and oxygen atoms in total. The Morgan fingerprint density at radius 1 is 1.28 bits per heavy atom. The summed E-state index contributed by atoms with van der Waals surface area (Å²) in [6, 6.07) is 10.9. The second kappa shape index (κ2) is 8.52. The third kappa shape index (κ3) is 5.08. The fourth-order valence-corrected chi connectivity index (χ4v) is 3.13. The van der Waals surface area contributed by atoms with Gasteiger partial charge in [-0.1, -0.05) is 29.3 Å². The smallest absolute Gasteiger partial charge is 0.307 e. The molecule has 0 aliphatic rings. The molecule has 2 N–H and O–H groups in total. The van der Waals surface area contributed by atoms with Gasteiger partial charge in [0.15, 0.2) is 0 Å². The Bertz CT molecular complexity index is 891. The van der Waals surface area contributed by atoms with Crippen molar-refractivity contribution in [2.75, 3.05) is 7.11 Å². The number of carbonyl (C=O) groups is 1. The first-order chi connectivity index (χ1) is 11.8. The van der Waals surface area contributed by atoms with Crippen molar-refractivity contribution in [3.63, 3.8) is 0 Å². The number of H-pyrrole nitrogens is 1. The number of fused-ring (bicyclic) bond motifs is 1. The van der Waals surface area contributed by atoms with Crippen molar-refractivity contribution in [3.8, 4) is 5.75 Å². The van der Waals surface area contributed by atoms with Gasteiger partial charge < -0.3 is 14.8 Å². The molecular formula is C18H17Cl2NO3S. The SMILES string of the molecule is COc1cc2c(CC(=O)O)c(C)[nH]c2cc1Cl.Sc1cccc(Cl)c1. The molecule has 0 atom stereocenters. The third-order valence-electron chi connectivity index (χ3n) is 3.53. The number of carboxylic acids is 1. The summed E-state index contributed by atoms with van der Waals surface area (Å²) in [5.41, 5.74) is 2.43. The lowest BCUT2D eigenvalue weighted by atomic mass is 10.1. The van der Waals surface area contributed by atoms with Crippen molar-refractivity contribution in [2.24, 2.45) is 0 Å². The molecule has 25 heavy (non-hydrogen) atoms. The van der Waals surface area contributed by atoms with E-state index >= 15 is 0 Å². The van der Waals surface area contributed by atoms with Gasteiger partial charge in [0.05, 0.1) is 18.6 Å². The normalized spacial score (nSPS) is 10.3. The highest BCUT2D eigenvalue weighted by Crippen LogP contribution is 2.32. The van der Waals surface area contributed by atoms with E-state index < -0.39 is 5.97 Å². The summed E-state index contributed by atoms with van der Waals surface area (Å²) in [5.74, 6) is -0.312. The van der Waals surface area contributed by atoms with Crippen LogP contribution in [0.15, 0.2) is 41.3 Å². The zero-order valence-corrected chi connectivity index (χ0v) is 16.0. The highest BCUT2D eigenvalue weighted by atomic mass is 35.5. The van der Waals surface area contributed by atoms with Crippen LogP contribution in [0.25, 0.3) is 10.9 Å². The molecule has 7 heteroatoms. The first-order valence-electron chi connectivity index (χ1n) is 7.32. The molecule has 0 unspecified atom stereocenters. The first kappa shape index (κ1) is 19.5. The highest BCUT2D eigenvalue weighted by Gasteiger charge is 2.14. The largest absolute Gasteiger partial charge is 0.495 e. The van der Waals surface area contributed by atoms with Crippen LogP contribution in [0.4, 0.5) is 0 Å². The number of aryl methyl sites for hydroxylation is 1. The van der Waals surface area contributed by atoms with Crippen LogP contribution in [0.2, 0.25) is 10.0 Å². The molecule has 1 aromatic heterocycles. The second-order valence-corrected chi connectivity index (χ2v) is 6.67. The lowest BCUT2D eigenvalue weighted by Gasteiger charge is -2.03. The Balaban J connectivity index is 0.000000236. The van der Waals surface area contributed by atoms with Crippen LogP contribution >= 0.6 is 35.8 Å². The van der Waals surface area contributed by atoms with Crippen LogP contribution < -0.4 is 4.74 Å². The van der Waals surface area contributed by atoms with Gasteiger partial charge in [0.1, 0.15) is 5.75 Å². The first-order valence-corrected chi connectivity index (χ1v) is 8.53. The van der Waals surface area contributed by atoms with Gasteiger partial charge in [0.25, 0.3) is 0 Å². The minimum absolute atomic E-state index is 0.0172. The molecule has 0 saturated heterocycles. The summed E-state index contributed by atoms with van der Waals surface area (Å²) >= 11 is 15.7. The number of thiol groups is 1. The summed E-state index contributed by atoms with van der Waals surface area (Å²) in [4.78, 5) is 14.8. The zero-order valence-electron chi connectivity index (χ0n) is 13.6. The summed E-state index contributed by atoms with van der Waals surface area (Å²) in [6.45, 7) is 1.85. The van der Waals surface area contributed by atoms with Crippen molar-refractivity contribution in [2.45, 2.75) is 18.2 Å². The number of aromatic nitrogens is 1. The number of benzene rings is 2. The molecule has 0 saturated carbocycles. The van der Waals surface area contributed by atoms with Crippen molar-refractivity contribution in [1.82, 2.24) is 4.98 Å². The van der Waals surface area contributed by atoms with Gasteiger partial charge in [-0.25, -0.2) is 0 Å². The number of halogens is 2. The van der Waals surface area contributed by atoms with Gasteiger partial charge in [-0.15, -0.1) is 12.6 Å². The molecule has 2 aromatic carbocycles. The molecule has 0 radical (unpaired) electrons. The van der Waals surface area contributed by atoms with Gasteiger partial charge in [0.2, 0.25) is 0 Å². The summed E-state index contributed by atoms with van der Waals surface area (Å²) in [6.07, 6.45) is -0.0172. The van der Waals surface area contributed by atoms with Gasteiger partial charge in [-0.2, -0.15) is 0 Å². The average Bonchev–Trinajstić information content (AvgIpc) is 2.81. The van der Waals surface area contributed by atoms with Crippen LogP contribution in [0.5, 0.6) is 5.75 Å². The van der Waals surface area contributed by atoms with E-state index in [1.807, 2.05) is 25.1 Å². The number of rotatable bonds is 3. The summed E-state index contributed by atoms with van der Waals surface area (Å²) < 4.78 is 5.13. The summed E-state index contributed by atoms with van der Waals surface area (Å²) in [5, 5.41) is 11.0. The van der Waals surface area contributed by atoms with E-state index in [0.717, 1.165) is 32.1 Å². The molecule has 132 valence electrons. The quantitative estimate of drug-likeness (QED) is 0.518. The molecule has 3 aromatic rings. The van der Waals surface area contributed by atoms with Gasteiger partial charge >= 0.3 is 5.97 Å². The van der Waals surface area contributed by atoms with E-state index in [4.69, 9.17) is 33.0 Å². The Morgan fingerprint density at radius 3 is 2.52 bits per heavy atom. The van der Waals surface area contributed by atoms with E-state index in [1.54, 1.807) is 18.2 Å². The number of aromatic amines is 1. The Kier molecular flexibility index (Phi) is 6.64. The maximum Gasteiger partial charge on any atom is 0.307 e. The monoisotopic (exact) mass is 397 g/mol. The standard InChI is InChI=1S/C12H12ClNO3.C6H5ClS/c1-6-7(4-12(15)16)8-3-11(17-2)9(13)5-10(8)14-6;7-5-2-1-3-6(8)4-5/h3,5,14H,4H2,1-2H3,(H,15,16);1-4,8H. The maximum absolute atomic E-state index is 10.8. The minimum Gasteiger partial charge on any atom is -0.495 e. The topological polar surface area (TPSA) is 62.3 Å². The number of ether oxygens (including phenoxy) is 1. The molecule has 0 aliphatic heterocycles. The molecule has 0 fully saturated rings. The fourth-order valence-electron chi connectivity index (χ4n) is 2.40. The average molecular weight is 398 g/mol. The Hall–Kier alpha value is -1.82. The van der Waals surface area contributed by atoms with Crippen LogP contribution in [0.1, 0.15) is 11.3 Å². The van der Waals surface area contributed by atoms with Gasteiger partial charge in [-0.3, -0.25) is 4.79 Å². The molecule has 3 rings (SSSR count). The minimum atomic E-state index is -0.858. The number of hydrogen-bond acceptors (Lipinski definition) is 3. The van der Waals surface area contributed by atoms with Crippen molar-refractivity contribution >= 4 is 52.7 Å². The molecular weight excluding hydrogens is 381 g/mol. The number of hydrogen-bond donors (Lipinski definition) is 3. The maximum atomic E-state index is 10.8. The number of carboxylic acid groups (broad SMARTS) is 1. The van der Waals surface area contributed by atoms with E-state index in [0.29, 0.717) is 10.8 Å². The van der Waals surface area contributed by atoms with E-state index in [9.17, 15) is 4.79 Å². The van der Waals surface area contributed by atoms with Crippen LogP contribution in [0.3, 0.4) is 0 Å². The molecule has 0 amide bonds. The predicted molar refractivity (Wildman–Crippen MR) is 105 cm³/mol. The number of nitrogens with one attached hydrogen (secondary N) is 1. The highest BCUT2D eigenvalue weighted by molar-refractivity contribution is 7.80. The molecule has 1 heterocycles. The van der Waals surface area contributed by atoms with Crippen molar-refractivity contribution < 1.29 is 14.6 Å². The molecule has 0 aliphatic carbocycles. The Morgan fingerprint density at radius 2 is 2.00 bits per heavy atom. The van der Waals surface area contributed by atoms with E-state index in [-0.39, 0.29) is 6.42 Å². The molecule has 0 bridgehead atoms. The lowest BCUT2D eigenvalue weighted by molar-refractivity contribution is -0.136. The summed E-state index contributed by atoms with van der Waals surface area (Å²) in [7, 11) is 1.53. The Labute approximate surface area is 161 Å². The second-order valence-electron chi connectivity index (χ2n) is 5.31. The van der Waals surface area contributed by atoms with Crippen LogP contribution in [0, 0.1) is 6.92 Å². The number of methoxy groups -OCH3 is 1. The van der Waals surface area contributed by atoms with Crippen molar-refractivity contribution in [3.05, 3.63) is 57.7 Å². The van der Waals surface area contributed by atoms with E-state index in [2.05, 4.69) is 17.6 Å².